The van der Waals surface area contributed by atoms with Gasteiger partial charge in [-0.05, 0) is 0 Å². The van der Waals surface area contributed by atoms with Crippen molar-refractivity contribution in [2.24, 2.45) is 0 Å². The number of aromatic amines is 1. The van der Waals surface area contributed by atoms with Gasteiger partial charge in [-0.15, -0.1) is 12.4 Å². The number of aromatic nitrogens is 3. The van der Waals surface area contributed by atoms with Crippen LogP contribution in [0.5, 0.6) is 0 Å². The lowest BCUT2D eigenvalue weighted by Crippen LogP contribution is -1.79. The van der Waals surface area contributed by atoms with Crippen molar-refractivity contribution >= 4 is 18.7 Å². The maximum atomic E-state index is 9.73. The molecule has 0 amide bonds. The first-order valence-corrected chi connectivity index (χ1v) is 1.74. The van der Waals surface area contributed by atoms with Crippen molar-refractivity contribution in [1.82, 2.24) is 15.2 Å². The highest BCUT2D eigenvalue weighted by Crippen LogP contribution is 1.72. The molecule has 0 spiro atoms. The number of nitrogens with one attached hydrogen (secondary N) is 1. The summed E-state index contributed by atoms with van der Waals surface area (Å²) in [7, 11) is 0. The summed E-state index contributed by atoms with van der Waals surface area (Å²) in [5.74, 6) is 0.264. The van der Waals surface area contributed by atoms with Gasteiger partial charge < -0.3 is 0 Å². The van der Waals surface area contributed by atoms with Gasteiger partial charge in [0, 0.05) is 0 Å². The Kier molecular flexibility index (Phi) is 2.79. The minimum Gasteiger partial charge on any atom is -0.294 e. The average molecular weight is 134 g/mol. The van der Waals surface area contributed by atoms with Crippen LogP contribution in [0.3, 0.4) is 0 Å². The molecule has 8 heavy (non-hydrogen) atoms. The number of aldehydes is 1. The highest BCUT2D eigenvalue weighted by Gasteiger charge is 1.84. The number of carbonyl (C=O) groups is 1. The zero-order valence-electron chi connectivity index (χ0n) is 3.87. The molecule has 0 aromatic carbocycles. The molecule has 0 fully saturated rings. The standard InChI is InChI=1S/C3H3N3O.ClH/c7-1-3-4-2-5-6-3;/h1-2H,(H,4,5,6);1H. The van der Waals surface area contributed by atoms with Crippen molar-refractivity contribution < 1.29 is 4.79 Å². The van der Waals surface area contributed by atoms with Crippen molar-refractivity contribution in [3.05, 3.63) is 12.2 Å². The van der Waals surface area contributed by atoms with E-state index in [1.807, 2.05) is 0 Å². The number of carbonyl (C=O) groups excluding carboxylic acids is 1. The number of hydrogen-bond donors (Lipinski definition) is 1. The topological polar surface area (TPSA) is 58.6 Å². The van der Waals surface area contributed by atoms with Gasteiger partial charge in [-0.2, -0.15) is 5.10 Å². The highest BCUT2D eigenvalue weighted by molar-refractivity contribution is 5.85. The summed E-state index contributed by atoms with van der Waals surface area (Å²) in [5.41, 5.74) is 0. The van der Waals surface area contributed by atoms with E-state index in [0.717, 1.165) is 0 Å². The van der Waals surface area contributed by atoms with Crippen LogP contribution in [0.25, 0.3) is 0 Å². The van der Waals surface area contributed by atoms with Crippen LogP contribution in [0.15, 0.2) is 6.33 Å². The molecule has 1 heterocycles. The second-order valence-corrected chi connectivity index (χ2v) is 0.989. The van der Waals surface area contributed by atoms with Gasteiger partial charge >= 0.3 is 0 Å². The minimum atomic E-state index is 0. The summed E-state index contributed by atoms with van der Waals surface area (Å²) in [6, 6.07) is 0. The van der Waals surface area contributed by atoms with Crippen molar-refractivity contribution in [1.29, 1.82) is 0 Å². The average Bonchev–Trinajstić information content (AvgIpc) is 2.14. The smallest absolute Gasteiger partial charge is 0.188 e. The zero-order chi connectivity index (χ0) is 5.11. The summed E-state index contributed by atoms with van der Waals surface area (Å²) in [5, 5.41) is 5.78. The summed E-state index contributed by atoms with van der Waals surface area (Å²) in [6.45, 7) is 0. The Morgan fingerprint density at radius 2 is 2.50 bits per heavy atom. The first-order valence-electron chi connectivity index (χ1n) is 1.74. The van der Waals surface area contributed by atoms with Gasteiger partial charge in [-0.1, -0.05) is 0 Å². The van der Waals surface area contributed by atoms with Crippen molar-refractivity contribution in [3.8, 4) is 0 Å². The fourth-order valence-electron chi connectivity index (χ4n) is 0.272. The molecule has 4 nitrogen and oxygen atoms in total. The molecule has 0 unspecified atom stereocenters. The van der Waals surface area contributed by atoms with E-state index < -0.39 is 0 Å². The van der Waals surface area contributed by atoms with E-state index in [1.165, 1.54) is 6.33 Å². The predicted octanol–water partition coefficient (Wildman–Crippen LogP) is 0.0390. The van der Waals surface area contributed by atoms with Crippen LogP contribution in [0, 0.1) is 0 Å². The molecule has 0 saturated carbocycles. The Bertz CT molecular complexity index is 150. The zero-order valence-corrected chi connectivity index (χ0v) is 4.68. The second-order valence-electron chi connectivity index (χ2n) is 0.989. The SMILES string of the molecule is Cl.O=Cc1ncn[nH]1. The maximum Gasteiger partial charge on any atom is 0.188 e. The summed E-state index contributed by atoms with van der Waals surface area (Å²) in [4.78, 5) is 13.2. The van der Waals surface area contributed by atoms with E-state index in [0.29, 0.717) is 6.29 Å². The molecule has 0 atom stereocenters. The molecular formula is C3H4ClN3O. The molecule has 1 aromatic heterocycles. The van der Waals surface area contributed by atoms with Crippen molar-refractivity contribution in [3.63, 3.8) is 0 Å². The van der Waals surface area contributed by atoms with Crippen LogP contribution in [0.4, 0.5) is 0 Å². The van der Waals surface area contributed by atoms with E-state index in [2.05, 4.69) is 15.2 Å². The molecule has 0 radical (unpaired) electrons. The van der Waals surface area contributed by atoms with Crippen molar-refractivity contribution in [2.45, 2.75) is 0 Å². The largest absolute Gasteiger partial charge is 0.294 e. The van der Waals surface area contributed by atoms with Crippen LogP contribution >= 0.6 is 12.4 Å². The number of halogens is 1. The third-order valence-corrected chi connectivity index (χ3v) is 0.545. The van der Waals surface area contributed by atoms with E-state index in [1.54, 1.807) is 0 Å². The molecular weight excluding hydrogens is 130 g/mol. The molecule has 0 saturated heterocycles. The van der Waals surface area contributed by atoms with Gasteiger partial charge in [0.1, 0.15) is 6.33 Å². The van der Waals surface area contributed by atoms with Gasteiger partial charge in [0.25, 0.3) is 0 Å². The van der Waals surface area contributed by atoms with Gasteiger partial charge in [-0.25, -0.2) is 4.98 Å². The fourth-order valence-corrected chi connectivity index (χ4v) is 0.272. The third-order valence-electron chi connectivity index (χ3n) is 0.545. The molecule has 44 valence electrons. The normalized spacial score (nSPS) is 7.50. The number of rotatable bonds is 1. The first-order chi connectivity index (χ1) is 3.43. The molecule has 1 N–H and O–H groups in total. The fraction of sp³-hybridized carbons (Fsp3) is 0. The van der Waals surface area contributed by atoms with E-state index >= 15 is 0 Å². The third kappa shape index (κ3) is 1.31. The van der Waals surface area contributed by atoms with E-state index in [-0.39, 0.29) is 18.2 Å². The van der Waals surface area contributed by atoms with Gasteiger partial charge in [0.15, 0.2) is 12.1 Å². The monoisotopic (exact) mass is 133 g/mol. The predicted molar refractivity (Wildman–Crippen MR) is 29.0 cm³/mol. The van der Waals surface area contributed by atoms with Gasteiger partial charge in [0.05, 0.1) is 0 Å². The molecule has 1 aromatic rings. The molecule has 0 aliphatic heterocycles. The van der Waals surface area contributed by atoms with Crippen LogP contribution < -0.4 is 0 Å². The Morgan fingerprint density at radius 1 is 1.75 bits per heavy atom. The molecule has 5 heteroatoms. The van der Waals surface area contributed by atoms with Crippen molar-refractivity contribution in [2.75, 3.05) is 0 Å². The number of H-pyrrole nitrogens is 1. The molecule has 1 rings (SSSR count). The minimum absolute atomic E-state index is 0. The van der Waals surface area contributed by atoms with Gasteiger partial charge in [0.2, 0.25) is 0 Å². The highest BCUT2D eigenvalue weighted by atomic mass is 35.5. The Hall–Kier alpha value is -0.900. The lowest BCUT2D eigenvalue weighted by atomic mass is 10.7. The second kappa shape index (κ2) is 3.15. The summed E-state index contributed by atoms with van der Waals surface area (Å²) >= 11 is 0. The van der Waals surface area contributed by atoms with Crippen LogP contribution in [0.2, 0.25) is 0 Å². The number of hydrogen-bond acceptors (Lipinski definition) is 3. The summed E-state index contributed by atoms with van der Waals surface area (Å²) < 4.78 is 0. The Balaban J connectivity index is 0.000000490. The quantitative estimate of drug-likeness (QED) is 0.551. The maximum absolute atomic E-state index is 9.73. The van der Waals surface area contributed by atoms with Crippen LogP contribution in [0.1, 0.15) is 10.6 Å². The van der Waals surface area contributed by atoms with E-state index in [4.69, 9.17) is 0 Å². The lowest BCUT2D eigenvalue weighted by molar-refractivity contribution is 0.111. The lowest BCUT2D eigenvalue weighted by Gasteiger charge is -1.66. The molecule has 0 bridgehead atoms. The number of nitrogens with zero attached hydrogens (tertiary/aromatic N) is 2. The summed E-state index contributed by atoms with van der Waals surface area (Å²) in [6.07, 6.45) is 1.89. The van der Waals surface area contributed by atoms with Crippen LogP contribution in [-0.2, 0) is 0 Å². The Morgan fingerprint density at radius 3 is 2.75 bits per heavy atom. The molecule has 0 aliphatic rings. The van der Waals surface area contributed by atoms with E-state index in [9.17, 15) is 4.79 Å². The first kappa shape index (κ1) is 7.10. The van der Waals surface area contributed by atoms with Gasteiger partial charge in [-0.3, -0.25) is 9.89 Å². The van der Waals surface area contributed by atoms with Crippen LogP contribution in [-0.4, -0.2) is 21.5 Å². The Labute approximate surface area is 51.7 Å². The molecule has 0 aliphatic carbocycles.